The van der Waals surface area contributed by atoms with Crippen LogP contribution in [0.4, 0.5) is 4.39 Å². The molecule has 1 aromatic rings. The first-order valence-electron chi connectivity index (χ1n) is 14.1. The van der Waals surface area contributed by atoms with Crippen LogP contribution in [-0.2, 0) is 6.42 Å². The second-order valence-corrected chi connectivity index (χ2v) is 11.6. The lowest BCUT2D eigenvalue weighted by atomic mass is 9.60. The molecule has 1 aromatic carbocycles. The Morgan fingerprint density at radius 2 is 1.56 bits per heavy atom. The first-order valence-corrected chi connectivity index (χ1v) is 14.1. The van der Waals surface area contributed by atoms with Gasteiger partial charge in [-0.3, -0.25) is 0 Å². The highest BCUT2D eigenvalue weighted by atomic mass is 19.1. The molecule has 4 rings (SSSR count). The molecule has 0 bridgehead atoms. The quantitative estimate of drug-likeness (QED) is 0.266. The third-order valence-corrected chi connectivity index (χ3v) is 9.56. The van der Waals surface area contributed by atoms with Crippen LogP contribution in [0.3, 0.4) is 0 Å². The van der Waals surface area contributed by atoms with Crippen LogP contribution in [-0.4, -0.2) is 0 Å². The second-order valence-electron chi connectivity index (χ2n) is 11.6. The maximum atomic E-state index is 14.8. The van der Waals surface area contributed by atoms with Gasteiger partial charge in [0.2, 0.25) is 0 Å². The zero-order chi connectivity index (χ0) is 22.3. The molecule has 0 nitrogen and oxygen atoms in total. The van der Waals surface area contributed by atoms with E-state index in [-0.39, 0.29) is 5.82 Å². The fraction of sp³-hybridized carbons (Fsp3) is 0.742. The van der Waals surface area contributed by atoms with Gasteiger partial charge in [-0.05, 0) is 123 Å². The Morgan fingerprint density at radius 3 is 2.28 bits per heavy atom. The fourth-order valence-electron chi connectivity index (χ4n) is 7.62. The van der Waals surface area contributed by atoms with Crippen molar-refractivity contribution in [1.82, 2.24) is 0 Å². The highest BCUT2D eigenvalue weighted by Crippen LogP contribution is 2.50. The predicted octanol–water partition coefficient (Wildman–Crippen LogP) is 9.63. The van der Waals surface area contributed by atoms with E-state index in [9.17, 15) is 4.39 Å². The summed E-state index contributed by atoms with van der Waals surface area (Å²) in [5.74, 6) is 5.43. The van der Waals surface area contributed by atoms with Crippen molar-refractivity contribution in [3.63, 3.8) is 0 Å². The Morgan fingerprint density at radius 1 is 0.875 bits per heavy atom. The molecular formula is C31H47F. The van der Waals surface area contributed by atoms with Crippen molar-refractivity contribution in [3.05, 3.63) is 47.8 Å². The van der Waals surface area contributed by atoms with E-state index in [1.54, 1.807) is 6.07 Å². The Labute approximate surface area is 197 Å². The molecule has 32 heavy (non-hydrogen) atoms. The largest absolute Gasteiger partial charge is 0.207 e. The highest BCUT2D eigenvalue weighted by Gasteiger charge is 2.38. The van der Waals surface area contributed by atoms with Gasteiger partial charge in [0.25, 0.3) is 0 Å². The van der Waals surface area contributed by atoms with Crippen LogP contribution in [0.1, 0.15) is 120 Å². The van der Waals surface area contributed by atoms with E-state index in [2.05, 4.69) is 25.6 Å². The average Bonchev–Trinajstić information content (AvgIpc) is 2.83. The van der Waals surface area contributed by atoms with Crippen LogP contribution in [0.25, 0.3) is 0 Å². The molecule has 0 heterocycles. The molecular weight excluding hydrogens is 391 g/mol. The lowest BCUT2D eigenvalue weighted by molar-refractivity contribution is 0.0613. The zero-order valence-electron chi connectivity index (χ0n) is 20.7. The third kappa shape index (κ3) is 6.06. The number of hydrogen-bond donors (Lipinski definition) is 0. The average molecular weight is 439 g/mol. The van der Waals surface area contributed by atoms with Gasteiger partial charge in [0.1, 0.15) is 5.82 Å². The van der Waals surface area contributed by atoms with E-state index >= 15 is 0 Å². The van der Waals surface area contributed by atoms with E-state index in [0.29, 0.717) is 5.92 Å². The smallest absolute Gasteiger partial charge is 0.126 e. The zero-order valence-corrected chi connectivity index (χ0v) is 20.7. The Hall–Kier alpha value is -1.11. The van der Waals surface area contributed by atoms with Crippen molar-refractivity contribution in [2.45, 2.75) is 116 Å². The number of fused-ring (bicyclic) bond motifs is 1. The SMILES string of the molecule is C=CCCc1ccc(C2CCC(C3CCC4CC(CCCCC)CCC4C3)CC2)c(F)c1. The van der Waals surface area contributed by atoms with Crippen LogP contribution in [0, 0.1) is 35.4 Å². The number of halogens is 1. The molecule has 178 valence electrons. The molecule has 0 saturated heterocycles. The van der Waals surface area contributed by atoms with Crippen molar-refractivity contribution in [2.24, 2.45) is 29.6 Å². The summed E-state index contributed by atoms with van der Waals surface area (Å²) in [7, 11) is 0. The van der Waals surface area contributed by atoms with Gasteiger partial charge in [0.15, 0.2) is 0 Å². The van der Waals surface area contributed by atoms with Crippen molar-refractivity contribution >= 4 is 0 Å². The molecule has 0 spiro atoms. The number of hydrogen-bond acceptors (Lipinski definition) is 0. The fourth-order valence-corrected chi connectivity index (χ4v) is 7.62. The van der Waals surface area contributed by atoms with E-state index in [4.69, 9.17) is 0 Å². The Bertz CT molecular complexity index is 713. The topological polar surface area (TPSA) is 0 Å². The highest BCUT2D eigenvalue weighted by molar-refractivity contribution is 5.28. The number of allylic oxidation sites excluding steroid dienone is 1. The van der Waals surface area contributed by atoms with Gasteiger partial charge in [-0.2, -0.15) is 0 Å². The summed E-state index contributed by atoms with van der Waals surface area (Å²) in [5, 5.41) is 0. The van der Waals surface area contributed by atoms with E-state index in [0.717, 1.165) is 53.6 Å². The summed E-state index contributed by atoms with van der Waals surface area (Å²) >= 11 is 0. The number of aryl methyl sites for hydroxylation is 1. The lowest BCUT2D eigenvalue weighted by Gasteiger charge is -2.45. The standard InChI is InChI=1S/C31H47F/c1-3-5-7-9-23-10-12-29-22-28(18-17-27(29)20-23)25-13-15-26(16-14-25)30-19-11-24(8-6-4-2)21-31(30)32/h4,11,19,21,23,25-29H,2-3,5-10,12-18,20,22H2,1H3. The summed E-state index contributed by atoms with van der Waals surface area (Å²) in [6.45, 7) is 6.10. The Kier molecular flexibility index (Phi) is 8.90. The van der Waals surface area contributed by atoms with Gasteiger partial charge in [-0.1, -0.05) is 57.2 Å². The van der Waals surface area contributed by atoms with Gasteiger partial charge < -0.3 is 0 Å². The van der Waals surface area contributed by atoms with Crippen LogP contribution in [0.5, 0.6) is 0 Å². The molecule has 0 amide bonds. The van der Waals surface area contributed by atoms with Crippen molar-refractivity contribution in [1.29, 1.82) is 0 Å². The maximum absolute atomic E-state index is 14.8. The third-order valence-electron chi connectivity index (χ3n) is 9.56. The molecule has 0 N–H and O–H groups in total. The summed E-state index contributed by atoms with van der Waals surface area (Å²) in [6.07, 6.45) is 23.6. The molecule has 4 atom stereocenters. The van der Waals surface area contributed by atoms with E-state index in [1.165, 1.54) is 89.9 Å². The van der Waals surface area contributed by atoms with E-state index < -0.39 is 0 Å². The summed E-state index contributed by atoms with van der Waals surface area (Å²) in [6, 6.07) is 6.02. The summed E-state index contributed by atoms with van der Waals surface area (Å²) in [5.41, 5.74) is 2.09. The van der Waals surface area contributed by atoms with Crippen LogP contribution in [0.2, 0.25) is 0 Å². The number of benzene rings is 1. The molecule has 1 heteroatoms. The first-order chi connectivity index (χ1) is 15.7. The lowest BCUT2D eigenvalue weighted by Crippen LogP contribution is -2.34. The minimum atomic E-state index is 0.0335. The van der Waals surface area contributed by atoms with Crippen LogP contribution < -0.4 is 0 Å². The molecule has 0 aliphatic heterocycles. The first kappa shape index (κ1) is 24.0. The monoisotopic (exact) mass is 438 g/mol. The van der Waals surface area contributed by atoms with Crippen LogP contribution >= 0.6 is 0 Å². The normalized spacial score (nSPS) is 32.9. The minimum absolute atomic E-state index is 0.0335. The van der Waals surface area contributed by atoms with Gasteiger partial charge in [0, 0.05) is 0 Å². The van der Waals surface area contributed by atoms with Crippen molar-refractivity contribution in [3.8, 4) is 0 Å². The summed E-state index contributed by atoms with van der Waals surface area (Å²) < 4.78 is 14.8. The van der Waals surface area contributed by atoms with Gasteiger partial charge >= 0.3 is 0 Å². The Balaban J connectivity index is 1.24. The molecule has 3 aliphatic rings. The van der Waals surface area contributed by atoms with Gasteiger partial charge in [0.05, 0.1) is 0 Å². The molecule has 0 radical (unpaired) electrons. The van der Waals surface area contributed by atoms with Gasteiger partial charge in [-0.15, -0.1) is 6.58 Å². The molecule has 0 aromatic heterocycles. The second kappa shape index (κ2) is 11.8. The molecule has 3 aliphatic carbocycles. The molecule has 3 fully saturated rings. The molecule has 3 saturated carbocycles. The number of unbranched alkanes of at least 4 members (excludes halogenated alkanes) is 2. The van der Waals surface area contributed by atoms with Gasteiger partial charge in [-0.25, -0.2) is 4.39 Å². The van der Waals surface area contributed by atoms with Crippen molar-refractivity contribution < 1.29 is 4.39 Å². The van der Waals surface area contributed by atoms with Crippen molar-refractivity contribution in [2.75, 3.05) is 0 Å². The minimum Gasteiger partial charge on any atom is -0.207 e. The predicted molar refractivity (Wildman–Crippen MR) is 135 cm³/mol. The summed E-state index contributed by atoms with van der Waals surface area (Å²) in [4.78, 5) is 0. The number of rotatable bonds is 9. The maximum Gasteiger partial charge on any atom is 0.126 e. The molecule has 4 unspecified atom stereocenters. The van der Waals surface area contributed by atoms with Crippen LogP contribution in [0.15, 0.2) is 30.9 Å². The van der Waals surface area contributed by atoms with E-state index in [1.807, 2.05) is 6.08 Å².